The molecule has 120 valence electrons. The van der Waals surface area contributed by atoms with Crippen molar-refractivity contribution in [3.05, 3.63) is 58.4 Å². The zero-order valence-corrected chi connectivity index (χ0v) is 13.3. The smallest absolute Gasteiger partial charge is 0.331 e. The maximum Gasteiger partial charge on any atom is 0.331 e. The van der Waals surface area contributed by atoms with Crippen molar-refractivity contribution >= 4 is 29.6 Å². The molecule has 0 saturated heterocycles. The Balaban J connectivity index is 2.11. The Morgan fingerprint density at radius 1 is 1.35 bits per heavy atom. The van der Waals surface area contributed by atoms with Crippen LogP contribution in [0.5, 0.6) is 0 Å². The molecule has 0 aliphatic carbocycles. The third kappa shape index (κ3) is 4.69. The van der Waals surface area contributed by atoms with Gasteiger partial charge in [0.1, 0.15) is 5.15 Å². The predicted molar refractivity (Wildman–Crippen MR) is 86.7 cm³/mol. The quantitative estimate of drug-likeness (QED) is 0.646. The van der Waals surface area contributed by atoms with E-state index < -0.39 is 18.5 Å². The third-order valence-corrected chi connectivity index (χ3v) is 3.43. The van der Waals surface area contributed by atoms with E-state index in [1.54, 1.807) is 11.6 Å². The van der Waals surface area contributed by atoms with Gasteiger partial charge in [0.25, 0.3) is 5.91 Å². The number of rotatable bonds is 6. The SMILES string of the molecule is Cc1nn(Cc2ccccc2)c(Cl)c1/C=C/C(=O)OCC(N)=O. The number of hydrogen-bond donors (Lipinski definition) is 1. The number of nitrogens with two attached hydrogens (primary N) is 1. The summed E-state index contributed by atoms with van der Waals surface area (Å²) >= 11 is 6.31. The number of primary amides is 1. The molecule has 0 bridgehead atoms. The molecule has 2 rings (SSSR count). The number of carbonyl (C=O) groups excluding carboxylic acids is 2. The maximum atomic E-state index is 11.5. The number of benzene rings is 1. The maximum absolute atomic E-state index is 11.5. The van der Waals surface area contributed by atoms with Gasteiger partial charge in [-0.15, -0.1) is 0 Å². The molecule has 2 N–H and O–H groups in total. The van der Waals surface area contributed by atoms with Crippen LogP contribution in [0.1, 0.15) is 16.8 Å². The molecule has 23 heavy (non-hydrogen) atoms. The van der Waals surface area contributed by atoms with E-state index in [1.807, 2.05) is 30.3 Å². The molecule has 1 heterocycles. The molecule has 7 heteroatoms. The van der Waals surface area contributed by atoms with Gasteiger partial charge in [-0.2, -0.15) is 5.10 Å². The van der Waals surface area contributed by atoms with E-state index in [9.17, 15) is 9.59 Å². The van der Waals surface area contributed by atoms with Crippen LogP contribution in [0.2, 0.25) is 5.15 Å². The first-order valence-corrected chi connectivity index (χ1v) is 7.25. The van der Waals surface area contributed by atoms with Gasteiger partial charge in [-0.05, 0) is 18.6 Å². The second-order valence-electron chi connectivity index (χ2n) is 4.84. The molecule has 1 aromatic heterocycles. The molecule has 0 spiro atoms. The van der Waals surface area contributed by atoms with Crippen molar-refractivity contribution in [2.24, 2.45) is 5.73 Å². The van der Waals surface area contributed by atoms with Crippen molar-refractivity contribution in [3.8, 4) is 0 Å². The molecule has 0 radical (unpaired) electrons. The van der Waals surface area contributed by atoms with Gasteiger partial charge in [0.2, 0.25) is 0 Å². The molecule has 6 nitrogen and oxygen atoms in total. The van der Waals surface area contributed by atoms with Gasteiger partial charge in [-0.3, -0.25) is 4.79 Å². The van der Waals surface area contributed by atoms with Gasteiger partial charge in [0.05, 0.1) is 12.2 Å². The molecule has 2 aromatic rings. The zero-order valence-electron chi connectivity index (χ0n) is 12.5. The topological polar surface area (TPSA) is 87.2 Å². The molecule has 0 aliphatic rings. The number of nitrogens with zero attached hydrogens (tertiary/aromatic N) is 2. The zero-order chi connectivity index (χ0) is 16.8. The lowest BCUT2D eigenvalue weighted by Gasteiger charge is -2.03. The number of hydrogen-bond acceptors (Lipinski definition) is 4. The summed E-state index contributed by atoms with van der Waals surface area (Å²) < 4.78 is 6.29. The minimum atomic E-state index is -0.711. The highest BCUT2D eigenvalue weighted by atomic mass is 35.5. The lowest BCUT2D eigenvalue weighted by atomic mass is 10.2. The first-order valence-electron chi connectivity index (χ1n) is 6.87. The van der Waals surface area contributed by atoms with E-state index >= 15 is 0 Å². The number of amides is 1. The van der Waals surface area contributed by atoms with Gasteiger partial charge < -0.3 is 10.5 Å². The molecule has 1 amide bonds. The Bertz CT molecular complexity index is 739. The highest BCUT2D eigenvalue weighted by molar-refractivity contribution is 6.31. The largest absolute Gasteiger partial charge is 0.452 e. The summed E-state index contributed by atoms with van der Waals surface area (Å²) in [5.74, 6) is -1.38. The first kappa shape index (κ1) is 16.8. The molecule has 1 aromatic carbocycles. The van der Waals surface area contributed by atoms with E-state index in [2.05, 4.69) is 9.84 Å². The van der Waals surface area contributed by atoms with Crippen LogP contribution in [0.15, 0.2) is 36.4 Å². The Morgan fingerprint density at radius 3 is 2.70 bits per heavy atom. The van der Waals surface area contributed by atoms with Crippen LogP contribution in [0.4, 0.5) is 0 Å². The summed E-state index contributed by atoms with van der Waals surface area (Å²) in [6.07, 6.45) is 2.70. The van der Waals surface area contributed by atoms with Crippen molar-refractivity contribution < 1.29 is 14.3 Å². The normalized spacial score (nSPS) is 10.9. The number of halogens is 1. The molecule has 0 aliphatic heterocycles. The van der Waals surface area contributed by atoms with E-state index in [4.69, 9.17) is 17.3 Å². The molecule has 0 saturated carbocycles. The average Bonchev–Trinajstić information content (AvgIpc) is 2.78. The van der Waals surface area contributed by atoms with Crippen LogP contribution < -0.4 is 5.73 Å². The summed E-state index contributed by atoms with van der Waals surface area (Å²) in [7, 11) is 0. The Morgan fingerprint density at radius 2 is 2.04 bits per heavy atom. The van der Waals surface area contributed by atoms with Crippen LogP contribution in [-0.2, 0) is 20.9 Å². The minimum Gasteiger partial charge on any atom is -0.452 e. The standard InChI is InChI=1S/C16H16ClN3O3/c1-11-13(7-8-15(22)23-10-14(18)21)16(17)20(19-11)9-12-5-3-2-4-6-12/h2-8H,9-10H2,1H3,(H2,18,21)/b8-7+. The van der Waals surface area contributed by atoms with Gasteiger partial charge in [0, 0.05) is 11.6 Å². The first-order chi connectivity index (χ1) is 11.0. The summed E-state index contributed by atoms with van der Waals surface area (Å²) in [6, 6.07) is 9.77. The fourth-order valence-electron chi connectivity index (χ4n) is 1.96. The minimum absolute atomic E-state index is 0.422. The molecular weight excluding hydrogens is 318 g/mol. The Labute approximate surface area is 138 Å². The number of aryl methyl sites for hydroxylation is 1. The highest BCUT2D eigenvalue weighted by Crippen LogP contribution is 2.22. The lowest BCUT2D eigenvalue weighted by Crippen LogP contribution is -2.19. The van der Waals surface area contributed by atoms with Gasteiger partial charge in [-0.25, -0.2) is 9.48 Å². The van der Waals surface area contributed by atoms with Crippen LogP contribution in [-0.4, -0.2) is 28.3 Å². The summed E-state index contributed by atoms with van der Waals surface area (Å²) in [5, 5.41) is 4.79. The Hall–Kier alpha value is -2.60. The van der Waals surface area contributed by atoms with Gasteiger partial charge >= 0.3 is 5.97 Å². The third-order valence-electron chi connectivity index (χ3n) is 3.03. The van der Waals surface area contributed by atoms with Crippen molar-refractivity contribution in [1.82, 2.24) is 9.78 Å². The number of esters is 1. The van der Waals surface area contributed by atoms with E-state index in [1.165, 1.54) is 12.2 Å². The summed E-state index contributed by atoms with van der Waals surface area (Å²) in [6.45, 7) is 1.87. The van der Waals surface area contributed by atoms with Crippen molar-refractivity contribution in [2.45, 2.75) is 13.5 Å². The van der Waals surface area contributed by atoms with Crippen LogP contribution in [0.25, 0.3) is 6.08 Å². The van der Waals surface area contributed by atoms with E-state index in [0.29, 0.717) is 23.0 Å². The molecular formula is C16H16ClN3O3. The lowest BCUT2D eigenvalue weighted by molar-refractivity contribution is -0.142. The van der Waals surface area contributed by atoms with Crippen molar-refractivity contribution in [2.75, 3.05) is 6.61 Å². The van der Waals surface area contributed by atoms with Crippen LogP contribution in [0, 0.1) is 6.92 Å². The molecule has 0 unspecified atom stereocenters. The summed E-state index contributed by atoms with van der Waals surface area (Å²) in [5.41, 5.74) is 7.27. The fraction of sp³-hybridized carbons (Fsp3) is 0.188. The molecule has 0 atom stereocenters. The predicted octanol–water partition coefficient (Wildman–Crippen LogP) is 1.93. The van der Waals surface area contributed by atoms with E-state index in [-0.39, 0.29) is 0 Å². The van der Waals surface area contributed by atoms with Crippen molar-refractivity contribution in [1.29, 1.82) is 0 Å². The van der Waals surface area contributed by atoms with Gasteiger partial charge in [-0.1, -0.05) is 41.9 Å². The summed E-state index contributed by atoms with van der Waals surface area (Å²) in [4.78, 5) is 22.0. The van der Waals surface area contributed by atoms with Crippen LogP contribution in [0.3, 0.4) is 0 Å². The number of aromatic nitrogens is 2. The number of carbonyl (C=O) groups is 2. The van der Waals surface area contributed by atoms with Crippen LogP contribution >= 0.6 is 11.6 Å². The monoisotopic (exact) mass is 333 g/mol. The molecule has 0 fully saturated rings. The van der Waals surface area contributed by atoms with E-state index in [0.717, 1.165) is 5.56 Å². The highest BCUT2D eigenvalue weighted by Gasteiger charge is 2.12. The van der Waals surface area contributed by atoms with Gasteiger partial charge in [0.15, 0.2) is 6.61 Å². The Kier molecular flexibility index (Phi) is 5.54. The second-order valence-corrected chi connectivity index (χ2v) is 5.20. The fourth-order valence-corrected chi connectivity index (χ4v) is 2.26. The second kappa shape index (κ2) is 7.60. The van der Waals surface area contributed by atoms with Crippen molar-refractivity contribution in [3.63, 3.8) is 0 Å². The number of ether oxygens (including phenoxy) is 1. The average molecular weight is 334 g/mol.